The summed E-state index contributed by atoms with van der Waals surface area (Å²) >= 11 is 0. The average Bonchev–Trinajstić information content (AvgIpc) is 3.22. The Balaban J connectivity index is 1.44. The van der Waals surface area contributed by atoms with Crippen molar-refractivity contribution in [3.63, 3.8) is 0 Å². The molecule has 0 radical (unpaired) electrons. The van der Waals surface area contributed by atoms with Crippen LogP contribution in [0.4, 0.5) is 0 Å². The summed E-state index contributed by atoms with van der Waals surface area (Å²) in [6.45, 7) is -0.487. The van der Waals surface area contributed by atoms with Gasteiger partial charge in [0, 0.05) is 12.8 Å². The number of hydrogen-bond donors (Lipinski definition) is 1. The highest BCUT2D eigenvalue weighted by molar-refractivity contribution is 5.89. The van der Waals surface area contributed by atoms with Gasteiger partial charge in [-0.05, 0) is 17.4 Å². The number of rotatable bonds is 6. The lowest BCUT2D eigenvalue weighted by Gasteiger charge is -2.15. The van der Waals surface area contributed by atoms with Gasteiger partial charge in [-0.15, -0.1) is 0 Å². The van der Waals surface area contributed by atoms with Crippen molar-refractivity contribution < 1.29 is 38.3 Å². The SMILES string of the molecule is O=C(COc1ccccc1)N[C@H]1CON(OC(=O)C2CCC(=O)O2)C1=O. The molecule has 0 saturated carbocycles. The molecule has 10 heteroatoms. The van der Waals surface area contributed by atoms with Crippen LogP contribution in [0.25, 0.3) is 0 Å². The molecule has 2 heterocycles. The fraction of sp³-hybridized carbons (Fsp3) is 0.375. The summed E-state index contributed by atoms with van der Waals surface area (Å²) in [6.07, 6.45) is -0.780. The molecule has 2 aliphatic heterocycles. The second-order valence-electron chi connectivity index (χ2n) is 5.54. The van der Waals surface area contributed by atoms with E-state index in [1.54, 1.807) is 24.3 Å². The summed E-state index contributed by atoms with van der Waals surface area (Å²) < 4.78 is 10.0. The van der Waals surface area contributed by atoms with Gasteiger partial charge in [-0.3, -0.25) is 14.4 Å². The van der Waals surface area contributed by atoms with Crippen LogP contribution >= 0.6 is 0 Å². The number of benzene rings is 1. The van der Waals surface area contributed by atoms with Crippen molar-refractivity contribution in [2.45, 2.75) is 25.0 Å². The summed E-state index contributed by atoms with van der Waals surface area (Å²) in [4.78, 5) is 56.5. The number of nitrogens with zero attached hydrogens (tertiary/aromatic N) is 1. The van der Waals surface area contributed by atoms with Gasteiger partial charge in [0.2, 0.25) is 6.10 Å². The van der Waals surface area contributed by atoms with Gasteiger partial charge in [0.15, 0.2) is 6.61 Å². The summed E-state index contributed by atoms with van der Waals surface area (Å²) in [5.74, 6) is -2.20. The van der Waals surface area contributed by atoms with Crippen LogP contribution in [0.3, 0.4) is 0 Å². The second kappa shape index (κ2) is 7.83. The third-order valence-electron chi connectivity index (χ3n) is 3.60. The van der Waals surface area contributed by atoms with Crippen molar-refractivity contribution in [2.24, 2.45) is 0 Å². The molecule has 2 amide bonds. The van der Waals surface area contributed by atoms with Crippen molar-refractivity contribution in [3.05, 3.63) is 30.3 Å². The van der Waals surface area contributed by atoms with Crippen molar-refractivity contribution >= 4 is 23.8 Å². The van der Waals surface area contributed by atoms with Crippen LogP contribution in [0.2, 0.25) is 0 Å². The van der Waals surface area contributed by atoms with E-state index in [0.717, 1.165) is 0 Å². The molecule has 2 fully saturated rings. The zero-order chi connectivity index (χ0) is 18.5. The molecule has 1 aromatic carbocycles. The third kappa shape index (κ3) is 4.28. The number of hydrogen-bond acceptors (Lipinski definition) is 8. The van der Waals surface area contributed by atoms with Gasteiger partial charge in [-0.2, -0.15) is 0 Å². The zero-order valence-corrected chi connectivity index (χ0v) is 13.6. The van der Waals surface area contributed by atoms with E-state index in [9.17, 15) is 19.2 Å². The van der Waals surface area contributed by atoms with Crippen LogP contribution in [-0.4, -0.2) is 54.3 Å². The predicted molar refractivity (Wildman–Crippen MR) is 81.9 cm³/mol. The number of ether oxygens (including phenoxy) is 2. The molecular formula is C16H16N2O8. The molecule has 0 spiro atoms. The molecule has 2 saturated heterocycles. The van der Waals surface area contributed by atoms with E-state index in [-0.39, 0.29) is 26.1 Å². The second-order valence-corrected chi connectivity index (χ2v) is 5.54. The molecule has 3 rings (SSSR count). The van der Waals surface area contributed by atoms with Gasteiger partial charge in [0.05, 0.1) is 0 Å². The van der Waals surface area contributed by atoms with Crippen LogP contribution in [0.1, 0.15) is 12.8 Å². The Morgan fingerprint density at radius 2 is 2.00 bits per heavy atom. The minimum atomic E-state index is -1.06. The number of hydroxylamine groups is 2. The number of para-hydroxylation sites is 1. The summed E-state index contributed by atoms with van der Waals surface area (Å²) in [5, 5.41) is 2.81. The van der Waals surface area contributed by atoms with Gasteiger partial charge in [-0.1, -0.05) is 18.2 Å². The highest BCUT2D eigenvalue weighted by Crippen LogP contribution is 2.17. The van der Waals surface area contributed by atoms with Crippen LogP contribution in [0, 0.1) is 0 Å². The minimum Gasteiger partial charge on any atom is -0.484 e. The molecule has 0 aliphatic carbocycles. The maximum Gasteiger partial charge on any atom is 0.375 e. The van der Waals surface area contributed by atoms with E-state index in [2.05, 4.69) is 5.32 Å². The zero-order valence-electron chi connectivity index (χ0n) is 13.6. The van der Waals surface area contributed by atoms with E-state index < -0.39 is 35.9 Å². The quantitative estimate of drug-likeness (QED) is 0.670. The van der Waals surface area contributed by atoms with Gasteiger partial charge in [0.1, 0.15) is 18.4 Å². The lowest BCUT2D eigenvalue weighted by molar-refractivity contribution is -0.306. The fourth-order valence-electron chi connectivity index (χ4n) is 2.31. The Morgan fingerprint density at radius 1 is 1.23 bits per heavy atom. The fourth-order valence-corrected chi connectivity index (χ4v) is 2.31. The first kappa shape index (κ1) is 17.7. The average molecular weight is 364 g/mol. The minimum absolute atomic E-state index is 0.106. The molecular weight excluding hydrogens is 348 g/mol. The third-order valence-corrected chi connectivity index (χ3v) is 3.60. The van der Waals surface area contributed by atoms with Crippen molar-refractivity contribution in [3.8, 4) is 5.75 Å². The first-order valence-electron chi connectivity index (χ1n) is 7.88. The number of nitrogens with one attached hydrogen (secondary N) is 1. The Kier molecular flexibility index (Phi) is 5.32. The Morgan fingerprint density at radius 3 is 2.69 bits per heavy atom. The van der Waals surface area contributed by atoms with Crippen LogP contribution in [-0.2, 0) is 33.6 Å². The van der Waals surface area contributed by atoms with Gasteiger partial charge in [-0.25, -0.2) is 9.63 Å². The van der Waals surface area contributed by atoms with E-state index in [0.29, 0.717) is 11.0 Å². The Labute approximate surface area is 147 Å². The van der Waals surface area contributed by atoms with Crippen LogP contribution < -0.4 is 10.1 Å². The molecule has 26 heavy (non-hydrogen) atoms. The predicted octanol–water partition coefficient (Wildman–Crippen LogP) is -0.512. The summed E-state index contributed by atoms with van der Waals surface area (Å²) in [6, 6.07) is 7.69. The topological polar surface area (TPSA) is 120 Å². The van der Waals surface area contributed by atoms with Crippen molar-refractivity contribution in [1.29, 1.82) is 0 Å². The molecule has 0 aromatic heterocycles. The van der Waals surface area contributed by atoms with Gasteiger partial charge >= 0.3 is 17.8 Å². The molecule has 2 aliphatic rings. The largest absolute Gasteiger partial charge is 0.484 e. The molecule has 0 bridgehead atoms. The normalized spacial score (nSPS) is 22.1. The molecule has 138 valence electrons. The van der Waals surface area contributed by atoms with Crippen LogP contribution in [0.15, 0.2) is 30.3 Å². The Hall–Kier alpha value is -3.14. The molecule has 1 unspecified atom stereocenters. The lowest BCUT2D eigenvalue weighted by Crippen LogP contribution is -2.45. The maximum absolute atomic E-state index is 12.1. The monoisotopic (exact) mass is 364 g/mol. The molecule has 1 aromatic rings. The van der Waals surface area contributed by atoms with E-state index in [1.165, 1.54) is 0 Å². The van der Waals surface area contributed by atoms with Crippen molar-refractivity contribution in [1.82, 2.24) is 10.5 Å². The summed E-state index contributed by atoms with van der Waals surface area (Å²) in [7, 11) is 0. The first-order valence-corrected chi connectivity index (χ1v) is 7.88. The van der Waals surface area contributed by atoms with E-state index >= 15 is 0 Å². The summed E-state index contributed by atoms with van der Waals surface area (Å²) in [5.41, 5.74) is 0. The van der Waals surface area contributed by atoms with Crippen LogP contribution in [0.5, 0.6) is 5.75 Å². The number of carbonyl (C=O) groups excluding carboxylic acids is 4. The number of carbonyl (C=O) groups is 4. The van der Waals surface area contributed by atoms with Crippen molar-refractivity contribution in [2.75, 3.05) is 13.2 Å². The van der Waals surface area contributed by atoms with E-state index in [1.807, 2.05) is 6.07 Å². The van der Waals surface area contributed by atoms with E-state index in [4.69, 9.17) is 19.1 Å². The maximum atomic E-state index is 12.1. The highest BCUT2D eigenvalue weighted by atomic mass is 17.0. The smallest absolute Gasteiger partial charge is 0.375 e. The molecule has 1 N–H and O–H groups in total. The highest BCUT2D eigenvalue weighted by Gasteiger charge is 2.40. The number of cyclic esters (lactones) is 1. The number of amides is 2. The van der Waals surface area contributed by atoms with Gasteiger partial charge < -0.3 is 19.6 Å². The number of esters is 1. The molecule has 2 atom stereocenters. The molecule has 10 nitrogen and oxygen atoms in total. The van der Waals surface area contributed by atoms with Gasteiger partial charge in [0.25, 0.3) is 5.91 Å². The Bertz CT molecular complexity index is 707. The standard InChI is InChI=1S/C16H16N2O8/c19-13(9-23-10-4-2-1-3-5-10)17-11-8-24-18(15(11)21)26-16(22)12-6-7-14(20)25-12/h1-5,11-12H,6-9H2,(H,17,19)/t11-,12?/m0/s1. The lowest BCUT2D eigenvalue weighted by atomic mass is 10.2. The first-order chi connectivity index (χ1) is 12.5.